The van der Waals surface area contributed by atoms with E-state index in [0.29, 0.717) is 6.54 Å². The van der Waals surface area contributed by atoms with E-state index in [-0.39, 0.29) is 0 Å². The molecule has 13 heavy (non-hydrogen) atoms. The lowest BCUT2D eigenvalue weighted by molar-refractivity contribution is -0.0279. The van der Waals surface area contributed by atoms with Gasteiger partial charge < -0.3 is 15.7 Å². The van der Waals surface area contributed by atoms with Gasteiger partial charge in [0.05, 0.1) is 5.60 Å². The van der Waals surface area contributed by atoms with Gasteiger partial charge in [0.25, 0.3) is 0 Å². The second-order valence-electron chi connectivity index (χ2n) is 3.94. The third-order valence-electron chi connectivity index (χ3n) is 2.77. The Hall–Kier alpha value is -0.770. The second-order valence-corrected chi connectivity index (χ2v) is 3.94. The Kier molecular flexibility index (Phi) is 2.40. The molecule has 4 heteroatoms. The lowest BCUT2D eigenvalue weighted by atomic mass is 9.80. The quantitative estimate of drug-likeness (QED) is 0.557. The van der Waals surface area contributed by atoms with Crippen LogP contribution in [0.5, 0.6) is 0 Å². The highest BCUT2D eigenvalue weighted by Gasteiger charge is 2.34. The molecule has 1 aliphatic carbocycles. The Bertz CT molecular complexity index is 211. The maximum absolute atomic E-state index is 9.80. The van der Waals surface area contributed by atoms with Gasteiger partial charge in [-0.2, -0.15) is 0 Å². The zero-order valence-corrected chi connectivity index (χ0v) is 7.84. The molecule has 1 saturated carbocycles. The minimum absolute atomic E-state index is 0.457. The molecule has 3 N–H and O–H groups in total. The van der Waals surface area contributed by atoms with Crippen LogP contribution >= 0.6 is 0 Å². The van der Waals surface area contributed by atoms with Gasteiger partial charge in [0, 0.05) is 19.6 Å². The number of rotatable bonds is 2. The Morgan fingerprint density at radius 2 is 2.31 bits per heavy atom. The first-order valence-electron chi connectivity index (χ1n) is 5.03. The van der Waals surface area contributed by atoms with Crippen molar-refractivity contribution >= 4 is 5.96 Å². The van der Waals surface area contributed by atoms with Crippen LogP contribution in [-0.2, 0) is 0 Å². The average Bonchev–Trinajstić information content (AvgIpc) is 2.13. The summed E-state index contributed by atoms with van der Waals surface area (Å²) in [5.41, 5.74) is -0.457. The van der Waals surface area contributed by atoms with Crippen molar-refractivity contribution in [2.75, 3.05) is 19.6 Å². The van der Waals surface area contributed by atoms with Crippen LogP contribution in [0.15, 0.2) is 4.99 Å². The summed E-state index contributed by atoms with van der Waals surface area (Å²) in [6.45, 7) is 2.52. The molecule has 1 heterocycles. The van der Waals surface area contributed by atoms with Crippen LogP contribution in [0.2, 0.25) is 0 Å². The van der Waals surface area contributed by atoms with E-state index in [0.717, 1.165) is 44.7 Å². The molecule has 0 amide bonds. The minimum Gasteiger partial charge on any atom is -0.388 e. The molecule has 0 atom stereocenters. The van der Waals surface area contributed by atoms with Gasteiger partial charge in [0.15, 0.2) is 5.96 Å². The van der Waals surface area contributed by atoms with E-state index in [2.05, 4.69) is 15.6 Å². The van der Waals surface area contributed by atoms with E-state index in [1.54, 1.807) is 0 Å². The first kappa shape index (κ1) is 8.81. The molecule has 4 nitrogen and oxygen atoms in total. The number of guanidine groups is 1. The molecular formula is C9H17N3O. The van der Waals surface area contributed by atoms with Gasteiger partial charge in [-0.3, -0.25) is 4.99 Å². The molecule has 2 aliphatic rings. The largest absolute Gasteiger partial charge is 0.388 e. The van der Waals surface area contributed by atoms with Gasteiger partial charge in [-0.05, 0) is 25.7 Å². The van der Waals surface area contributed by atoms with E-state index in [1.807, 2.05) is 0 Å². The van der Waals surface area contributed by atoms with Gasteiger partial charge >= 0.3 is 0 Å². The van der Waals surface area contributed by atoms with Crippen LogP contribution in [0, 0.1) is 0 Å². The van der Waals surface area contributed by atoms with E-state index in [1.165, 1.54) is 0 Å². The Labute approximate surface area is 78.4 Å². The first-order valence-corrected chi connectivity index (χ1v) is 5.03. The lowest BCUT2D eigenvalue weighted by Gasteiger charge is -2.37. The predicted molar refractivity (Wildman–Crippen MR) is 51.7 cm³/mol. The molecule has 0 unspecified atom stereocenters. The summed E-state index contributed by atoms with van der Waals surface area (Å²) >= 11 is 0. The summed E-state index contributed by atoms with van der Waals surface area (Å²) in [6, 6.07) is 0. The number of aliphatic imine (C=N–C) groups is 1. The maximum atomic E-state index is 9.80. The molecular weight excluding hydrogens is 166 g/mol. The standard InChI is InChI=1S/C9H17N3O/c13-9(3-1-4-9)7-12-8-10-5-2-6-11-8/h13H,1-7H2,(H2,10,11,12). The smallest absolute Gasteiger partial charge is 0.191 e. The zero-order chi connectivity index (χ0) is 9.15. The van der Waals surface area contributed by atoms with Crippen LogP contribution in [0.3, 0.4) is 0 Å². The van der Waals surface area contributed by atoms with Crippen molar-refractivity contribution in [3.63, 3.8) is 0 Å². The zero-order valence-electron chi connectivity index (χ0n) is 7.84. The van der Waals surface area contributed by atoms with Crippen LogP contribution in [0.4, 0.5) is 0 Å². The molecule has 74 valence electrons. The highest BCUT2D eigenvalue weighted by atomic mass is 16.3. The third kappa shape index (κ3) is 2.12. The number of hydrogen-bond donors (Lipinski definition) is 3. The highest BCUT2D eigenvalue weighted by Crippen LogP contribution is 2.30. The molecule has 0 aromatic rings. The van der Waals surface area contributed by atoms with Crippen molar-refractivity contribution in [1.82, 2.24) is 10.6 Å². The van der Waals surface area contributed by atoms with E-state index < -0.39 is 5.60 Å². The fourth-order valence-corrected chi connectivity index (χ4v) is 1.66. The van der Waals surface area contributed by atoms with Crippen molar-refractivity contribution in [2.24, 2.45) is 4.99 Å². The molecule has 0 bridgehead atoms. The second kappa shape index (κ2) is 3.54. The van der Waals surface area contributed by atoms with E-state index >= 15 is 0 Å². The van der Waals surface area contributed by atoms with Crippen molar-refractivity contribution in [3.8, 4) is 0 Å². The summed E-state index contributed by atoms with van der Waals surface area (Å²) in [5, 5.41) is 16.1. The Morgan fingerprint density at radius 1 is 1.46 bits per heavy atom. The topological polar surface area (TPSA) is 56.6 Å². The molecule has 1 fully saturated rings. The van der Waals surface area contributed by atoms with Crippen molar-refractivity contribution in [3.05, 3.63) is 0 Å². The monoisotopic (exact) mass is 183 g/mol. The van der Waals surface area contributed by atoms with Gasteiger partial charge in [-0.1, -0.05) is 0 Å². The van der Waals surface area contributed by atoms with Gasteiger partial charge in [0.1, 0.15) is 0 Å². The summed E-state index contributed by atoms with van der Waals surface area (Å²) in [6.07, 6.45) is 4.11. The third-order valence-corrected chi connectivity index (χ3v) is 2.77. The SMILES string of the molecule is OC1(CNC2=NCCCN2)CCC1. The lowest BCUT2D eigenvalue weighted by Crippen LogP contribution is -2.51. The molecule has 0 aromatic carbocycles. The molecule has 2 rings (SSSR count). The van der Waals surface area contributed by atoms with Crippen molar-refractivity contribution < 1.29 is 5.11 Å². The molecule has 0 aromatic heterocycles. The van der Waals surface area contributed by atoms with Crippen LogP contribution in [0.1, 0.15) is 25.7 Å². The van der Waals surface area contributed by atoms with E-state index in [4.69, 9.17) is 0 Å². The maximum Gasteiger partial charge on any atom is 0.191 e. The average molecular weight is 183 g/mol. The summed E-state index contributed by atoms with van der Waals surface area (Å²) < 4.78 is 0. The fourth-order valence-electron chi connectivity index (χ4n) is 1.66. The van der Waals surface area contributed by atoms with Gasteiger partial charge in [-0.25, -0.2) is 0 Å². The highest BCUT2D eigenvalue weighted by molar-refractivity contribution is 5.80. The molecule has 0 spiro atoms. The van der Waals surface area contributed by atoms with Crippen molar-refractivity contribution in [1.29, 1.82) is 0 Å². The van der Waals surface area contributed by atoms with Crippen LogP contribution in [0.25, 0.3) is 0 Å². The molecule has 0 radical (unpaired) electrons. The summed E-state index contributed by atoms with van der Waals surface area (Å²) in [7, 11) is 0. The Balaban J connectivity index is 1.75. The summed E-state index contributed by atoms with van der Waals surface area (Å²) in [4.78, 5) is 4.27. The van der Waals surface area contributed by atoms with Crippen molar-refractivity contribution in [2.45, 2.75) is 31.3 Å². The normalized spacial score (nSPS) is 25.5. The first-order chi connectivity index (χ1) is 6.29. The predicted octanol–water partition coefficient (Wildman–Crippen LogP) is -0.160. The molecule has 1 aliphatic heterocycles. The van der Waals surface area contributed by atoms with Crippen LogP contribution in [-0.4, -0.2) is 36.3 Å². The van der Waals surface area contributed by atoms with E-state index in [9.17, 15) is 5.11 Å². The Morgan fingerprint density at radius 3 is 2.85 bits per heavy atom. The number of nitrogens with zero attached hydrogens (tertiary/aromatic N) is 1. The number of aliphatic hydroxyl groups is 1. The fraction of sp³-hybridized carbons (Fsp3) is 0.889. The molecule has 0 saturated heterocycles. The number of hydrogen-bond acceptors (Lipinski definition) is 4. The van der Waals surface area contributed by atoms with Crippen LogP contribution < -0.4 is 10.6 Å². The van der Waals surface area contributed by atoms with Gasteiger partial charge in [-0.15, -0.1) is 0 Å². The van der Waals surface area contributed by atoms with Gasteiger partial charge in [0.2, 0.25) is 0 Å². The summed E-state index contributed by atoms with van der Waals surface area (Å²) in [5.74, 6) is 0.853. The number of nitrogens with one attached hydrogen (secondary N) is 2. The minimum atomic E-state index is -0.457.